The Kier molecular flexibility index (Phi) is 2.75. The highest BCUT2D eigenvalue weighted by Crippen LogP contribution is 2.08. The summed E-state index contributed by atoms with van der Waals surface area (Å²) in [7, 11) is 0. The summed E-state index contributed by atoms with van der Waals surface area (Å²) < 4.78 is 0. The van der Waals surface area contributed by atoms with E-state index in [9.17, 15) is 4.79 Å². The van der Waals surface area contributed by atoms with Crippen LogP contribution in [-0.4, -0.2) is 10.8 Å². The molecule has 0 aliphatic carbocycles. The first-order chi connectivity index (χ1) is 7.81. The normalized spacial score (nSPS) is 9.44. The number of nitrogens with zero attached hydrogens (tertiary/aromatic N) is 2. The first kappa shape index (κ1) is 10.1. The minimum atomic E-state index is -0.134. The van der Waals surface area contributed by atoms with E-state index < -0.39 is 0 Å². The van der Waals surface area contributed by atoms with Crippen molar-refractivity contribution in [1.82, 2.24) is 4.98 Å². The lowest BCUT2D eigenvalue weighted by Gasteiger charge is -1.99. The van der Waals surface area contributed by atoms with Crippen molar-refractivity contribution in [3.05, 3.63) is 65.5 Å². The fourth-order valence-electron chi connectivity index (χ4n) is 1.34. The number of nitriles is 1. The van der Waals surface area contributed by atoms with Gasteiger partial charge in [0.05, 0.1) is 11.6 Å². The maximum Gasteiger partial charge on any atom is 0.211 e. The zero-order chi connectivity index (χ0) is 11.4. The van der Waals surface area contributed by atoms with Crippen molar-refractivity contribution >= 4 is 5.78 Å². The van der Waals surface area contributed by atoms with Gasteiger partial charge in [0.2, 0.25) is 5.78 Å². The van der Waals surface area contributed by atoms with E-state index in [1.54, 1.807) is 48.7 Å². The van der Waals surface area contributed by atoms with Crippen molar-refractivity contribution in [2.24, 2.45) is 0 Å². The maximum atomic E-state index is 11.9. The highest BCUT2D eigenvalue weighted by molar-refractivity contribution is 6.07. The first-order valence-corrected chi connectivity index (χ1v) is 4.77. The summed E-state index contributed by atoms with van der Waals surface area (Å²) in [4.78, 5) is 15.9. The van der Waals surface area contributed by atoms with Crippen LogP contribution in [-0.2, 0) is 0 Å². The Morgan fingerprint density at radius 1 is 1.12 bits per heavy atom. The Labute approximate surface area is 93.0 Å². The van der Waals surface area contributed by atoms with Crippen LogP contribution in [0.5, 0.6) is 0 Å². The van der Waals surface area contributed by atoms with Gasteiger partial charge in [-0.3, -0.25) is 9.78 Å². The molecule has 0 aliphatic heterocycles. The SMILES string of the molecule is N#Cc1ccc(C(=O)c2ccccn2)cc1. The lowest BCUT2D eigenvalue weighted by atomic mass is 10.1. The first-order valence-electron chi connectivity index (χ1n) is 4.77. The van der Waals surface area contributed by atoms with Gasteiger partial charge < -0.3 is 0 Å². The number of hydrogen-bond acceptors (Lipinski definition) is 3. The molecule has 0 spiro atoms. The standard InChI is InChI=1S/C13H8N2O/c14-9-10-4-6-11(7-5-10)13(16)12-3-1-2-8-15-12/h1-8H. The quantitative estimate of drug-likeness (QED) is 0.711. The molecule has 2 aromatic rings. The molecule has 1 aromatic heterocycles. The van der Waals surface area contributed by atoms with Crippen LogP contribution in [0.2, 0.25) is 0 Å². The summed E-state index contributed by atoms with van der Waals surface area (Å²) in [6.07, 6.45) is 1.58. The lowest BCUT2D eigenvalue weighted by molar-refractivity contribution is 0.103. The second kappa shape index (κ2) is 4.37. The maximum absolute atomic E-state index is 11.9. The number of carbonyl (C=O) groups excluding carboxylic acids is 1. The largest absolute Gasteiger partial charge is 0.287 e. The van der Waals surface area contributed by atoms with Gasteiger partial charge in [0.1, 0.15) is 5.69 Å². The third-order valence-corrected chi connectivity index (χ3v) is 2.17. The van der Waals surface area contributed by atoms with Gasteiger partial charge in [-0.15, -0.1) is 0 Å². The number of rotatable bonds is 2. The van der Waals surface area contributed by atoms with Gasteiger partial charge in [-0.25, -0.2) is 0 Å². The Morgan fingerprint density at radius 3 is 2.44 bits per heavy atom. The van der Waals surface area contributed by atoms with E-state index in [0.29, 0.717) is 16.8 Å². The molecular weight excluding hydrogens is 200 g/mol. The number of benzene rings is 1. The van der Waals surface area contributed by atoms with Crippen LogP contribution in [0.15, 0.2) is 48.7 Å². The van der Waals surface area contributed by atoms with Crippen LogP contribution in [0.4, 0.5) is 0 Å². The molecule has 0 saturated carbocycles. The predicted molar refractivity (Wildman–Crippen MR) is 58.8 cm³/mol. The number of aromatic nitrogens is 1. The van der Waals surface area contributed by atoms with E-state index in [-0.39, 0.29) is 5.78 Å². The molecule has 0 radical (unpaired) electrons. The summed E-state index contributed by atoms with van der Waals surface area (Å²) in [6.45, 7) is 0. The number of ketones is 1. The summed E-state index contributed by atoms with van der Waals surface area (Å²) in [5.74, 6) is -0.134. The molecule has 2 rings (SSSR count). The van der Waals surface area contributed by atoms with Crippen LogP contribution in [0.3, 0.4) is 0 Å². The molecule has 0 saturated heterocycles. The van der Waals surface area contributed by atoms with Crippen molar-refractivity contribution in [2.45, 2.75) is 0 Å². The van der Waals surface area contributed by atoms with Gasteiger partial charge in [-0.1, -0.05) is 6.07 Å². The Morgan fingerprint density at radius 2 is 1.88 bits per heavy atom. The van der Waals surface area contributed by atoms with E-state index in [1.807, 2.05) is 6.07 Å². The van der Waals surface area contributed by atoms with Crippen molar-refractivity contribution in [2.75, 3.05) is 0 Å². The van der Waals surface area contributed by atoms with E-state index in [2.05, 4.69) is 4.98 Å². The van der Waals surface area contributed by atoms with Crippen LogP contribution < -0.4 is 0 Å². The van der Waals surface area contributed by atoms with Gasteiger partial charge in [0, 0.05) is 11.8 Å². The van der Waals surface area contributed by atoms with Crippen LogP contribution in [0.25, 0.3) is 0 Å². The molecule has 1 aromatic carbocycles. The molecule has 0 atom stereocenters. The molecule has 0 bridgehead atoms. The van der Waals surface area contributed by atoms with E-state index in [4.69, 9.17) is 5.26 Å². The van der Waals surface area contributed by atoms with Gasteiger partial charge in [-0.2, -0.15) is 5.26 Å². The Hall–Kier alpha value is -2.47. The van der Waals surface area contributed by atoms with Gasteiger partial charge in [-0.05, 0) is 36.4 Å². The van der Waals surface area contributed by atoms with Gasteiger partial charge in [0.25, 0.3) is 0 Å². The lowest BCUT2D eigenvalue weighted by Crippen LogP contribution is -2.03. The number of hydrogen-bond donors (Lipinski definition) is 0. The van der Waals surface area contributed by atoms with E-state index in [0.717, 1.165) is 0 Å². The zero-order valence-electron chi connectivity index (χ0n) is 8.42. The Balaban J connectivity index is 2.32. The number of pyridine rings is 1. The molecule has 0 unspecified atom stereocenters. The highest BCUT2D eigenvalue weighted by atomic mass is 16.1. The molecule has 76 valence electrons. The molecule has 0 amide bonds. The predicted octanol–water partition coefficient (Wildman–Crippen LogP) is 2.18. The fourth-order valence-corrected chi connectivity index (χ4v) is 1.34. The smallest absolute Gasteiger partial charge is 0.211 e. The van der Waals surface area contributed by atoms with Crippen molar-refractivity contribution in [3.63, 3.8) is 0 Å². The molecule has 1 heterocycles. The summed E-state index contributed by atoms with van der Waals surface area (Å²) in [5.41, 5.74) is 1.49. The topological polar surface area (TPSA) is 53.8 Å². The van der Waals surface area contributed by atoms with Gasteiger partial charge in [0.15, 0.2) is 0 Å². The molecule has 3 heteroatoms. The minimum absolute atomic E-state index is 0.134. The van der Waals surface area contributed by atoms with Gasteiger partial charge >= 0.3 is 0 Å². The third-order valence-electron chi connectivity index (χ3n) is 2.17. The molecule has 0 fully saturated rings. The molecule has 0 N–H and O–H groups in total. The van der Waals surface area contributed by atoms with Crippen LogP contribution in [0.1, 0.15) is 21.6 Å². The monoisotopic (exact) mass is 208 g/mol. The summed E-state index contributed by atoms with van der Waals surface area (Å²) in [6, 6.07) is 13.7. The Bertz CT molecular complexity index is 538. The summed E-state index contributed by atoms with van der Waals surface area (Å²) >= 11 is 0. The minimum Gasteiger partial charge on any atom is -0.287 e. The van der Waals surface area contributed by atoms with E-state index in [1.165, 1.54) is 0 Å². The van der Waals surface area contributed by atoms with Crippen LogP contribution in [0, 0.1) is 11.3 Å². The third kappa shape index (κ3) is 1.96. The number of carbonyl (C=O) groups is 1. The average molecular weight is 208 g/mol. The molecular formula is C13H8N2O. The van der Waals surface area contributed by atoms with Crippen molar-refractivity contribution in [3.8, 4) is 6.07 Å². The van der Waals surface area contributed by atoms with Crippen molar-refractivity contribution in [1.29, 1.82) is 5.26 Å². The molecule has 16 heavy (non-hydrogen) atoms. The summed E-state index contributed by atoms with van der Waals surface area (Å²) in [5, 5.41) is 8.64. The second-order valence-corrected chi connectivity index (χ2v) is 3.23. The second-order valence-electron chi connectivity index (χ2n) is 3.23. The van der Waals surface area contributed by atoms with Crippen LogP contribution >= 0.6 is 0 Å². The fraction of sp³-hybridized carbons (Fsp3) is 0. The highest BCUT2D eigenvalue weighted by Gasteiger charge is 2.09. The van der Waals surface area contributed by atoms with Crippen molar-refractivity contribution < 1.29 is 4.79 Å². The zero-order valence-corrected chi connectivity index (χ0v) is 8.42. The average Bonchev–Trinajstić information content (AvgIpc) is 2.39. The molecule has 3 nitrogen and oxygen atoms in total. The molecule has 0 aliphatic rings. The van der Waals surface area contributed by atoms with E-state index >= 15 is 0 Å².